The Kier molecular flexibility index (Phi) is 6.19. The van der Waals surface area contributed by atoms with Gasteiger partial charge in [0.05, 0.1) is 4.90 Å². The molecule has 6 nitrogen and oxygen atoms in total. The molecule has 9 heteroatoms. The van der Waals surface area contributed by atoms with Gasteiger partial charge in [0.25, 0.3) is 0 Å². The number of rotatable bonds is 4. The monoisotopic (exact) mass is 506 g/mol. The van der Waals surface area contributed by atoms with Gasteiger partial charge in [-0.1, -0.05) is 54.1 Å². The fourth-order valence-electron chi connectivity index (χ4n) is 4.44. The van der Waals surface area contributed by atoms with Crippen LogP contribution in [0.15, 0.2) is 99.5 Å². The van der Waals surface area contributed by atoms with E-state index in [1.165, 1.54) is 16.4 Å². The average molecular weight is 507 g/mol. The smallest absolute Gasteiger partial charge is 0.243 e. The van der Waals surface area contributed by atoms with Gasteiger partial charge in [-0.2, -0.15) is 4.31 Å². The number of sulfonamides is 1. The first-order valence-corrected chi connectivity index (χ1v) is 12.8. The maximum absolute atomic E-state index is 14.8. The molecule has 0 aromatic heterocycles. The highest BCUT2D eigenvalue weighted by molar-refractivity contribution is 7.89. The van der Waals surface area contributed by atoms with Crippen molar-refractivity contribution >= 4 is 22.1 Å². The van der Waals surface area contributed by atoms with E-state index in [1.54, 1.807) is 66.7 Å². The summed E-state index contributed by atoms with van der Waals surface area (Å²) in [7, 11) is -3.93. The third-order valence-corrected chi connectivity index (χ3v) is 8.09. The fraction of sp³-hybridized carbons (Fsp3) is 0.148. The van der Waals surface area contributed by atoms with Gasteiger partial charge in [-0.3, -0.25) is 0 Å². The number of hydrogen-bond acceptors (Lipinski definition) is 5. The molecule has 2 aliphatic heterocycles. The summed E-state index contributed by atoms with van der Waals surface area (Å²) in [4.78, 5) is 4.56. The number of nitrogens with zero attached hydrogens (tertiary/aromatic N) is 2. The molecule has 0 saturated carbocycles. The SMILES string of the molecule is Cc1ccc(S(=O)(=O)N2CC3=C(NC(N)=NC3c3ccccc3F)/C(=C/c3ccccc3F)C2)cc1. The second-order valence-electron chi connectivity index (χ2n) is 8.74. The molecule has 3 aromatic rings. The van der Waals surface area contributed by atoms with E-state index < -0.39 is 27.7 Å². The number of benzene rings is 3. The lowest BCUT2D eigenvalue weighted by atomic mass is 9.90. The third kappa shape index (κ3) is 4.43. The Hall–Kier alpha value is -3.82. The summed E-state index contributed by atoms with van der Waals surface area (Å²) in [5.74, 6) is -0.865. The minimum Gasteiger partial charge on any atom is -0.370 e. The Labute approximate surface area is 208 Å². The molecule has 1 atom stereocenters. The molecule has 0 spiro atoms. The van der Waals surface area contributed by atoms with Gasteiger partial charge in [0.1, 0.15) is 17.7 Å². The van der Waals surface area contributed by atoms with Crippen molar-refractivity contribution in [1.29, 1.82) is 0 Å². The molecule has 36 heavy (non-hydrogen) atoms. The van der Waals surface area contributed by atoms with Crippen LogP contribution in [-0.2, 0) is 10.0 Å². The Morgan fingerprint density at radius 3 is 2.33 bits per heavy atom. The van der Waals surface area contributed by atoms with Crippen LogP contribution in [0.25, 0.3) is 6.08 Å². The van der Waals surface area contributed by atoms with Crippen molar-refractivity contribution in [3.8, 4) is 0 Å². The molecule has 0 radical (unpaired) electrons. The van der Waals surface area contributed by atoms with Gasteiger partial charge in [0, 0.05) is 29.9 Å². The number of guanidine groups is 1. The molecule has 5 rings (SSSR count). The second-order valence-corrected chi connectivity index (χ2v) is 10.7. The van der Waals surface area contributed by atoms with Crippen molar-refractivity contribution in [2.45, 2.75) is 17.9 Å². The zero-order valence-electron chi connectivity index (χ0n) is 19.4. The number of aryl methyl sites for hydroxylation is 1. The van der Waals surface area contributed by atoms with Gasteiger partial charge in [0.15, 0.2) is 5.96 Å². The molecule has 2 aliphatic rings. The second kappa shape index (κ2) is 9.33. The Morgan fingerprint density at radius 1 is 0.972 bits per heavy atom. The number of aliphatic imine (C=N–C) groups is 1. The molecular formula is C27H24F2N4O2S. The first-order valence-electron chi connectivity index (χ1n) is 11.3. The van der Waals surface area contributed by atoms with Crippen LogP contribution in [0.3, 0.4) is 0 Å². The third-order valence-electron chi connectivity index (χ3n) is 6.28. The predicted octanol–water partition coefficient (Wildman–Crippen LogP) is 4.27. The minimum atomic E-state index is -3.93. The van der Waals surface area contributed by atoms with Crippen molar-refractivity contribution in [3.05, 3.63) is 118 Å². The van der Waals surface area contributed by atoms with Crippen LogP contribution in [-0.4, -0.2) is 31.8 Å². The molecule has 0 saturated heterocycles. The highest BCUT2D eigenvalue weighted by Gasteiger charge is 2.38. The Balaban J connectivity index is 1.67. The van der Waals surface area contributed by atoms with Gasteiger partial charge in [-0.15, -0.1) is 0 Å². The molecule has 0 amide bonds. The van der Waals surface area contributed by atoms with E-state index >= 15 is 0 Å². The van der Waals surface area contributed by atoms with E-state index in [0.717, 1.165) is 5.56 Å². The maximum atomic E-state index is 14.8. The highest BCUT2D eigenvalue weighted by atomic mass is 32.2. The lowest BCUT2D eigenvalue weighted by Gasteiger charge is -2.37. The fourth-order valence-corrected chi connectivity index (χ4v) is 5.84. The van der Waals surface area contributed by atoms with Crippen molar-refractivity contribution < 1.29 is 17.2 Å². The zero-order valence-corrected chi connectivity index (χ0v) is 20.3. The molecule has 2 heterocycles. The number of nitrogens with two attached hydrogens (primary N) is 1. The van der Waals surface area contributed by atoms with Crippen LogP contribution >= 0.6 is 0 Å². The predicted molar refractivity (Wildman–Crippen MR) is 135 cm³/mol. The molecule has 3 aromatic carbocycles. The number of nitrogens with one attached hydrogen (secondary N) is 1. The summed E-state index contributed by atoms with van der Waals surface area (Å²) in [6.45, 7) is 1.80. The standard InChI is InChI=1S/C27H24F2N4O2S/c1-17-10-12-20(13-11-17)36(34,35)33-15-19(14-18-6-2-4-8-23(18)28)25-22(16-33)26(32-27(30)31-25)21-7-3-5-9-24(21)29/h2-14,26H,15-16H2,1H3,(H3,30,31,32)/b19-14+. The first kappa shape index (κ1) is 23.9. The van der Waals surface area contributed by atoms with E-state index in [2.05, 4.69) is 10.3 Å². The van der Waals surface area contributed by atoms with E-state index in [9.17, 15) is 17.2 Å². The summed E-state index contributed by atoms with van der Waals surface area (Å²) >= 11 is 0. The largest absolute Gasteiger partial charge is 0.370 e. The molecule has 0 aliphatic carbocycles. The lowest BCUT2D eigenvalue weighted by molar-refractivity contribution is 0.434. The van der Waals surface area contributed by atoms with E-state index in [1.807, 2.05) is 6.92 Å². The van der Waals surface area contributed by atoms with Crippen molar-refractivity contribution in [1.82, 2.24) is 9.62 Å². The van der Waals surface area contributed by atoms with Crippen LogP contribution < -0.4 is 11.1 Å². The van der Waals surface area contributed by atoms with Crippen molar-refractivity contribution in [2.24, 2.45) is 10.7 Å². The summed E-state index contributed by atoms with van der Waals surface area (Å²) in [6.07, 6.45) is 1.59. The molecule has 1 unspecified atom stereocenters. The highest BCUT2D eigenvalue weighted by Crippen LogP contribution is 2.39. The quantitative estimate of drug-likeness (QED) is 0.553. The van der Waals surface area contributed by atoms with Crippen LogP contribution in [0.4, 0.5) is 8.78 Å². The van der Waals surface area contributed by atoms with Gasteiger partial charge < -0.3 is 11.1 Å². The minimum absolute atomic E-state index is 0.0341. The van der Waals surface area contributed by atoms with E-state index in [4.69, 9.17) is 5.73 Å². The van der Waals surface area contributed by atoms with Crippen LogP contribution in [0.1, 0.15) is 22.7 Å². The van der Waals surface area contributed by atoms with Gasteiger partial charge in [0.2, 0.25) is 10.0 Å². The van der Waals surface area contributed by atoms with E-state index in [-0.39, 0.29) is 29.5 Å². The maximum Gasteiger partial charge on any atom is 0.243 e. The summed E-state index contributed by atoms with van der Waals surface area (Å²) in [6, 6.07) is 18.1. The molecule has 3 N–H and O–H groups in total. The van der Waals surface area contributed by atoms with E-state index in [0.29, 0.717) is 22.4 Å². The lowest BCUT2D eigenvalue weighted by Crippen LogP contribution is -2.46. The van der Waals surface area contributed by atoms with Crippen LogP contribution in [0.2, 0.25) is 0 Å². The first-order chi connectivity index (χ1) is 17.2. The number of hydrogen-bond donors (Lipinski definition) is 2. The Bertz CT molecular complexity index is 1530. The normalized spacial score (nSPS) is 19.6. The van der Waals surface area contributed by atoms with Crippen LogP contribution in [0.5, 0.6) is 0 Å². The Morgan fingerprint density at radius 2 is 1.64 bits per heavy atom. The van der Waals surface area contributed by atoms with Gasteiger partial charge >= 0.3 is 0 Å². The molecule has 0 bridgehead atoms. The molecular weight excluding hydrogens is 482 g/mol. The number of halogens is 2. The van der Waals surface area contributed by atoms with Gasteiger partial charge in [-0.05, 0) is 48.4 Å². The average Bonchev–Trinajstić information content (AvgIpc) is 2.86. The topological polar surface area (TPSA) is 87.8 Å². The van der Waals surface area contributed by atoms with Gasteiger partial charge in [-0.25, -0.2) is 22.2 Å². The molecule has 184 valence electrons. The van der Waals surface area contributed by atoms with Crippen molar-refractivity contribution in [3.63, 3.8) is 0 Å². The summed E-state index contributed by atoms with van der Waals surface area (Å²) in [5, 5.41) is 3.02. The van der Waals surface area contributed by atoms with Crippen molar-refractivity contribution in [2.75, 3.05) is 13.1 Å². The van der Waals surface area contributed by atoms with Crippen LogP contribution in [0, 0.1) is 18.6 Å². The molecule has 0 fully saturated rings. The summed E-state index contributed by atoms with van der Waals surface area (Å²) < 4.78 is 58.0. The zero-order chi connectivity index (χ0) is 25.4. The summed E-state index contributed by atoms with van der Waals surface area (Å²) in [5.41, 5.74) is 9.12.